The van der Waals surface area contributed by atoms with E-state index in [2.05, 4.69) is 39.0 Å². The van der Waals surface area contributed by atoms with Crippen molar-refractivity contribution < 1.29 is 4.79 Å². The molecule has 2 unspecified atom stereocenters. The van der Waals surface area contributed by atoms with E-state index in [1.165, 1.54) is 5.56 Å². The second-order valence-corrected chi connectivity index (χ2v) is 5.75. The number of fused-ring (bicyclic) bond motifs is 1. The third-order valence-electron chi connectivity index (χ3n) is 4.94. The van der Waals surface area contributed by atoms with Gasteiger partial charge in [-0.2, -0.15) is 0 Å². The van der Waals surface area contributed by atoms with Crippen molar-refractivity contribution in [1.29, 1.82) is 0 Å². The van der Waals surface area contributed by atoms with Gasteiger partial charge in [-0.05, 0) is 29.4 Å². The molecule has 0 fully saturated rings. The molecular weight excluding hydrogens is 234 g/mol. The highest BCUT2D eigenvalue weighted by molar-refractivity contribution is 5.94. The Labute approximate surface area is 116 Å². The van der Waals surface area contributed by atoms with Gasteiger partial charge in [-0.25, -0.2) is 0 Å². The van der Waals surface area contributed by atoms with Gasteiger partial charge in [-0.3, -0.25) is 4.79 Å². The van der Waals surface area contributed by atoms with Gasteiger partial charge in [0.2, 0.25) is 5.91 Å². The van der Waals surface area contributed by atoms with Crippen molar-refractivity contribution in [3.63, 3.8) is 0 Å². The molecule has 0 spiro atoms. The van der Waals surface area contributed by atoms with Gasteiger partial charge in [0.25, 0.3) is 0 Å². The normalized spacial score (nSPS) is 26.1. The van der Waals surface area contributed by atoms with Crippen LogP contribution in [0.15, 0.2) is 24.3 Å². The Hall–Kier alpha value is -1.31. The number of benzene rings is 1. The van der Waals surface area contributed by atoms with Crippen LogP contribution in [0.1, 0.15) is 52.5 Å². The van der Waals surface area contributed by atoms with E-state index in [4.69, 9.17) is 0 Å². The number of carbonyl (C=O) groups is 1. The van der Waals surface area contributed by atoms with Crippen molar-refractivity contribution in [3.8, 4) is 0 Å². The third-order valence-corrected chi connectivity index (χ3v) is 4.94. The van der Waals surface area contributed by atoms with E-state index in [1.807, 2.05) is 17.9 Å². The first-order chi connectivity index (χ1) is 9.08. The summed E-state index contributed by atoms with van der Waals surface area (Å²) in [4.78, 5) is 14.2. The summed E-state index contributed by atoms with van der Waals surface area (Å²) >= 11 is 0. The summed E-state index contributed by atoms with van der Waals surface area (Å²) in [7, 11) is 0. The summed E-state index contributed by atoms with van der Waals surface area (Å²) in [5.74, 6) is 0.784. The van der Waals surface area contributed by atoms with Crippen LogP contribution in [-0.2, 0) is 10.2 Å². The molecule has 2 heteroatoms. The summed E-state index contributed by atoms with van der Waals surface area (Å²) in [6.07, 6.45) is 2.82. The summed E-state index contributed by atoms with van der Waals surface area (Å²) < 4.78 is 0. The van der Waals surface area contributed by atoms with E-state index >= 15 is 0 Å². The van der Waals surface area contributed by atoms with Gasteiger partial charge in [0.1, 0.15) is 0 Å². The van der Waals surface area contributed by atoms with Crippen LogP contribution in [0.4, 0.5) is 5.69 Å². The molecule has 0 aliphatic carbocycles. The minimum atomic E-state index is 0.190. The van der Waals surface area contributed by atoms with Crippen molar-refractivity contribution >= 4 is 11.6 Å². The molecule has 2 rings (SSSR count). The van der Waals surface area contributed by atoms with E-state index < -0.39 is 0 Å². The maximum absolute atomic E-state index is 12.2. The Morgan fingerprint density at radius 2 is 2.00 bits per heavy atom. The second kappa shape index (κ2) is 5.36. The first-order valence-corrected chi connectivity index (χ1v) is 7.48. The lowest BCUT2D eigenvalue weighted by molar-refractivity contribution is -0.118. The largest absolute Gasteiger partial charge is 0.312 e. The molecule has 1 aliphatic rings. The molecular formula is C17H25NO. The molecule has 1 aromatic carbocycles. The topological polar surface area (TPSA) is 20.3 Å². The number of para-hydroxylation sites is 1. The van der Waals surface area contributed by atoms with Crippen molar-refractivity contribution in [1.82, 2.24) is 0 Å². The van der Waals surface area contributed by atoms with Crippen molar-refractivity contribution in [2.45, 2.75) is 52.4 Å². The van der Waals surface area contributed by atoms with Crippen LogP contribution in [0.5, 0.6) is 0 Å². The molecule has 2 atom stereocenters. The lowest BCUT2D eigenvalue weighted by Crippen LogP contribution is -2.48. The van der Waals surface area contributed by atoms with Gasteiger partial charge in [-0.1, -0.05) is 52.3 Å². The molecule has 0 radical (unpaired) electrons. The Morgan fingerprint density at radius 3 is 2.58 bits per heavy atom. The molecule has 0 saturated carbocycles. The van der Waals surface area contributed by atoms with Crippen LogP contribution in [-0.4, -0.2) is 12.5 Å². The number of nitrogens with zero attached hydrogens (tertiary/aromatic N) is 1. The van der Waals surface area contributed by atoms with Crippen LogP contribution >= 0.6 is 0 Å². The fourth-order valence-corrected chi connectivity index (χ4v) is 3.42. The van der Waals surface area contributed by atoms with Gasteiger partial charge in [-0.15, -0.1) is 0 Å². The number of rotatable bonds is 3. The van der Waals surface area contributed by atoms with Crippen LogP contribution in [0.25, 0.3) is 0 Å². The summed E-state index contributed by atoms with van der Waals surface area (Å²) in [6, 6.07) is 8.44. The number of hydrogen-bond donors (Lipinski definition) is 0. The number of anilines is 1. The molecule has 19 heavy (non-hydrogen) atoms. The predicted octanol–water partition coefficient (Wildman–Crippen LogP) is 4.14. The van der Waals surface area contributed by atoms with Gasteiger partial charge in [0.05, 0.1) is 0 Å². The van der Waals surface area contributed by atoms with Crippen molar-refractivity contribution in [3.05, 3.63) is 29.8 Å². The van der Waals surface area contributed by atoms with Crippen molar-refractivity contribution in [2.24, 2.45) is 5.92 Å². The Kier molecular flexibility index (Phi) is 3.98. The lowest BCUT2D eigenvalue weighted by atomic mass is 9.66. The van der Waals surface area contributed by atoms with Gasteiger partial charge < -0.3 is 4.90 Å². The maximum atomic E-state index is 12.2. The van der Waals surface area contributed by atoms with E-state index in [0.29, 0.717) is 12.3 Å². The predicted molar refractivity (Wildman–Crippen MR) is 80.5 cm³/mol. The number of carbonyl (C=O) groups excluding carboxylic acids is 1. The number of amides is 1. The Morgan fingerprint density at radius 1 is 1.32 bits per heavy atom. The van der Waals surface area contributed by atoms with E-state index in [-0.39, 0.29) is 11.3 Å². The lowest BCUT2D eigenvalue weighted by Gasteiger charge is -2.47. The van der Waals surface area contributed by atoms with Gasteiger partial charge in [0, 0.05) is 18.7 Å². The summed E-state index contributed by atoms with van der Waals surface area (Å²) in [6.45, 7) is 9.66. The van der Waals surface area contributed by atoms with Gasteiger partial charge >= 0.3 is 0 Å². The van der Waals surface area contributed by atoms with E-state index in [1.54, 1.807) is 0 Å². The zero-order chi connectivity index (χ0) is 14.0. The third kappa shape index (κ3) is 2.18. The molecule has 0 bridgehead atoms. The van der Waals surface area contributed by atoms with E-state index in [9.17, 15) is 4.79 Å². The fourth-order valence-electron chi connectivity index (χ4n) is 3.42. The standard InChI is InChI=1S/C17H25NO/c1-5-13-12-18(16(19)6-2)15-11-9-8-10-14(15)17(13,4)7-3/h8-11,13H,5-7,12H2,1-4H3. The first kappa shape index (κ1) is 14.1. The Balaban J connectivity index is 2.55. The zero-order valence-electron chi connectivity index (χ0n) is 12.6. The second-order valence-electron chi connectivity index (χ2n) is 5.75. The zero-order valence-corrected chi connectivity index (χ0v) is 12.6. The molecule has 104 valence electrons. The number of hydrogen-bond acceptors (Lipinski definition) is 1. The molecule has 0 aromatic heterocycles. The smallest absolute Gasteiger partial charge is 0.226 e. The highest BCUT2D eigenvalue weighted by atomic mass is 16.2. The molecule has 1 amide bonds. The monoisotopic (exact) mass is 259 g/mol. The average molecular weight is 259 g/mol. The molecule has 1 aliphatic heterocycles. The van der Waals surface area contributed by atoms with Crippen LogP contribution in [0.2, 0.25) is 0 Å². The van der Waals surface area contributed by atoms with Crippen LogP contribution in [0.3, 0.4) is 0 Å². The van der Waals surface area contributed by atoms with Crippen molar-refractivity contribution in [2.75, 3.05) is 11.4 Å². The first-order valence-electron chi connectivity index (χ1n) is 7.48. The fraction of sp³-hybridized carbons (Fsp3) is 0.588. The molecule has 1 heterocycles. The highest BCUT2D eigenvalue weighted by Gasteiger charge is 2.41. The average Bonchev–Trinajstić information content (AvgIpc) is 2.47. The maximum Gasteiger partial charge on any atom is 0.226 e. The Bertz CT molecular complexity index is 468. The van der Waals surface area contributed by atoms with Crippen LogP contribution in [0, 0.1) is 5.92 Å². The molecule has 1 aromatic rings. The molecule has 2 nitrogen and oxygen atoms in total. The van der Waals surface area contributed by atoms with Crippen LogP contribution < -0.4 is 4.90 Å². The molecule has 0 saturated heterocycles. The van der Waals surface area contributed by atoms with Gasteiger partial charge in [0.15, 0.2) is 0 Å². The minimum Gasteiger partial charge on any atom is -0.312 e. The minimum absolute atomic E-state index is 0.190. The quantitative estimate of drug-likeness (QED) is 0.799. The summed E-state index contributed by atoms with van der Waals surface area (Å²) in [5, 5.41) is 0. The summed E-state index contributed by atoms with van der Waals surface area (Å²) in [5.41, 5.74) is 2.66. The SMILES string of the molecule is CCC(=O)N1CC(CC)C(C)(CC)c2ccccc21. The highest BCUT2D eigenvalue weighted by Crippen LogP contribution is 2.46. The van der Waals surface area contributed by atoms with E-state index in [0.717, 1.165) is 25.1 Å². The molecule has 0 N–H and O–H groups in total.